The number of nitrogens with zero attached hydrogens (tertiary/aromatic N) is 4. The Labute approximate surface area is 185 Å². The second-order valence-corrected chi connectivity index (χ2v) is 9.77. The minimum Gasteiger partial charge on any atom is -0.234 e. The zero-order valence-corrected chi connectivity index (χ0v) is 17.8. The second kappa shape index (κ2) is 5.65. The van der Waals surface area contributed by atoms with Gasteiger partial charge < -0.3 is 0 Å². The molecule has 0 unspecified atom stereocenters. The summed E-state index contributed by atoms with van der Waals surface area (Å²) in [4.78, 5) is 0. The van der Waals surface area contributed by atoms with Crippen LogP contribution in [0.4, 0.5) is 17.6 Å². The average molecular weight is 446 g/mol. The van der Waals surface area contributed by atoms with Crippen LogP contribution >= 0.6 is 0 Å². The molecule has 3 aromatic carbocycles. The molecule has 9 heteroatoms. The Morgan fingerprint density at radius 1 is 0.697 bits per heavy atom. The monoisotopic (exact) mass is 446 g/mol. The van der Waals surface area contributed by atoms with Crippen LogP contribution in [-0.2, 0) is 5.41 Å². The Morgan fingerprint density at radius 2 is 1.15 bits per heavy atom. The molecule has 0 N–H and O–H groups in total. The zero-order valence-electron chi connectivity index (χ0n) is 17.8. The van der Waals surface area contributed by atoms with Gasteiger partial charge in [-0.25, -0.2) is 26.9 Å². The van der Waals surface area contributed by atoms with Gasteiger partial charge in [0.05, 0.1) is 34.8 Å². The molecule has 33 heavy (non-hydrogen) atoms. The summed E-state index contributed by atoms with van der Waals surface area (Å²) in [5.41, 5.74) is 3.11. The summed E-state index contributed by atoms with van der Waals surface area (Å²) in [6.07, 6.45) is 2.93. The molecule has 0 amide bonds. The molecule has 162 valence electrons. The number of benzene rings is 3. The fourth-order valence-corrected chi connectivity index (χ4v) is 5.37. The van der Waals surface area contributed by atoms with E-state index in [1.54, 1.807) is 9.36 Å². The van der Waals surface area contributed by atoms with E-state index in [1.165, 1.54) is 12.4 Å². The van der Waals surface area contributed by atoms with Crippen LogP contribution in [-0.4, -0.2) is 26.3 Å². The first kappa shape index (κ1) is 18.9. The highest BCUT2D eigenvalue weighted by atomic mass is 19.2. The second-order valence-electron chi connectivity index (χ2n) is 9.77. The molecule has 2 aliphatic heterocycles. The Bertz CT molecular complexity index is 1600. The van der Waals surface area contributed by atoms with Gasteiger partial charge in [0.15, 0.2) is 23.3 Å². The van der Waals surface area contributed by atoms with Gasteiger partial charge in [0, 0.05) is 10.8 Å². The number of rotatable bonds is 0. The van der Waals surface area contributed by atoms with Crippen molar-refractivity contribution in [2.75, 3.05) is 0 Å². The van der Waals surface area contributed by atoms with Crippen molar-refractivity contribution >= 4 is 44.9 Å². The molecule has 4 nitrogen and oxygen atoms in total. The molecule has 0 fully saturated rings. The summed E-state index contributed by atoms with van der Waals surface area (Å²) >= 11 is 0. The van der Waals surface area contributed by atoms with Crippen LogP contribution in [0, 0.1) is 23.3 Å². The molecular formula is C24H15BF4N4. The number of hydrogen-bond donors (Lipinski definition) is 0. The molecule has 0 spiro atoms. The molecule has 2 aliphatic rings. The Hall–Kier alpha value is -3.62. The van der Waals surface area contributed by atoms with Crippen molar-refractivity contribution < 1.29 is 17.6 Å². The molecule has 0 bridgehead atoms. The topological polar surface area (TPSA) is 35.6 Å². The molecule has 0 aliphatic carbocycles. The summed E-state index contributed by atoms with van der Waals surface area (Å²) in [6, 6.07) is 6.04. The van der Waals surface area contributed by atoms with Gasteiger partial charge in [-0.1, -0.05) is 20.8 Å². The summed E-state index contributed by atoms with van der Waals surface area (Å²) in [6.45, 7) is 5.14. The fourth-order valence-electron chi connectivity index (χ4n) is 5.37. The van der Waals surface area contributed by atoms with E-state index in [9.17, 15) is 8.78 Å². The Morgan fingerprint density at radius 3 is 1.58 bits per heavy atom. The summed E-state index contributed by atoms with van der Waals surface area (Å²) < 4.78 is 63.3. The van der Waals surface area contributed by atoms with Crippen LogP contribution in [0.25, 0.3) is 33.2 Å². The number of aromatic nitrogens is 4. The lowest BCUT2D eigenvalue weighted by Gasteiger charge is -2.34. The lowest BCUT2D eigenvalue weighted by molar-refractivity contribution is 0.513. The van der Waals surface area contributed by atoms with E-state index in [2.05, 4.69) is 31.0 Å². The maximum absolute atomic E-state index is 15.4. The highest BCUT2D eigenvalue weighted by Gasteiger charge is 2.45. The van der Waals surface area contributed by atoms with Crippen molar-refractivity contribution in [3.8, 4) is 11.4 Å². The van der Waals surface area contributed by atoms with Gasteiger partial charge in [-0.2, -0.15) is 10.2 Å². The highest BCUT2D eigenvalue weighted by Crippen LogP contribution is 2.34. The number of fused-ring (bicyclic) bond motifs is 4. The van der Waals surface area contributed by atoms with E-state index in [4.69, 9.17) is 0 Å². The normalized spacial score (nSPS) is 13.8. The van der Waals surface area contributed by atoms with Crippen molar-refractivity contribution in [2.45, 2.75) is 26.2 Å². The van der Waals surface area contributed by atoms with Gasteiger partial charge in [-0.15, -0.1) is 0 Å². The molecule has 2 aromatic heterocycles. The van der Waals surface area contributed by atoms with E-state index in [0.29, 0.717) is 38.6 Å². The first-order chi connectivity index (χ1) is 15.7. The maximum Gasteiger partial charge on any atom is 0.260 e. The molecule has 7 rings (SSSR count). The number of halogens is 4. The summed E-state index contributed by atoms with van der Waals surface area (Å²) in [5, 5.41) is 9.64. The lowest BCUT2D eigenvalue weighted by Crippen LogP contribution is -2.62. The van der Waals surface area contributed by atoms with E-state index >= 15 is 8.78 Å². The van der Waals surface area contributed by atoms with Crippen LogP contribution in [0.5, 0.6) is 0 Å². The van der Waals surface area contributed by atoms with Crippen molar-refractivity contribution in [3.05, 3.63) is 65.5 Å². The van der Waals surface area contributed by atoms with Crippen LogP contribution in [0.3, 0.4) is 0 Å². The largest absolute Gasteiger partial charge is 0.260 e. The lowest BCUT2D eigenvalue weighted by atomic mass is 9.34. The molecule has 4 heterocycles. The smallest absolute Gasteiger partial charge is 0.234 e. The van der Waals surface area contributed by atoms with Gasteiger partial charge in [0.2, 0.25) is 0 Å². The summed E-state index contributed by atoms with van der Waals surface area (Å²) in [7, 11) is 0. The zero-order chi connectivity index (χ0) is 23.0. The van der Waals surface area contributed by atoms with Crippen molar-refractivity contribution in [1.29, 1.82) is 0 Å². The molecule has 5 aromatic rings. The van der Waals surface area contributed by atoms with Gasteiger partial charge in [-0.05, 0) is 51.6 Å². The Balaban J connectivity index is 1.78. The third kappa shape index (κ3) is 2.13. The predicted octanol–water partition coefficient (Wildman–Crippen LogP) is 3.36. The van der Waals surface area contributed by atoms with E-state index in [-0.39, 0.29) is 16.3 Å². The standard InChI is InChI=1S/C24H15BF4N4/c1-24(2,3)12-6-15-17-16(7-12)33-23-11(9-31-33)5-14(27)21(29)19(23)25(17)18-20(28)13(26)4-10-8-30-32(15)22(10)18/h4-9H,1-3H3. The Kier molecular flexibility index (Phi) is 3.24. The van der Waals surface area contributed by atoms with Gasteiger partial charge in [0.25, 0.3) is 6.71 Å². The maximum atomic E-state index is 15.4. The van der Waals surface area contributed by atoms with Crippen LogP contribution in [0.2, 0.25) is 0 Å². The fraction of sp³-hybridized carbons (Fsp3) is 0.167. The van der Waals surface area contributed by atoms with E-state index < -0.39 is 30.0 Å². The van der Waals surface area contributed by atoms with Crippen molar-refractivity contribution in [3.63, 3.8) is 0 Å². The SMILES string of the molecule is CC(C)(C)c1cc2c3c(c1)-n1ncc4cc(F)c(F)c(c41)B3c1c(F)c(F)cc3cnn-2c13. The highest BCUT2D eigenvalue weighted by molar-refractivity contribution is 7.00. The molecule has 0 atom stereocenters. The summed E-state index contributed by atoms with van der Waals surface area (Å²) in [5.74, 6) is -4.29. The van der Waals surface area contributed by atoms with Crippen LogP contribution in [0.15, 0.2) is 36.7 Å². The van der Waals surface area contributed by atoms with Crippen molar-refractivity contribution in [1.82, 2.24) is 19.6 Å². The average Bonchev–Trinajstić information content (AvgIpc) is 3.37. The van der Waals surface area contributed by atoms with Gasteiger partial charge in [0.1, 0.15) is 0 Å². The quantitative estimate of drug-likeness (QED) is 0.265. The van der Waals surface area contributed by atoms with Crippen LogP contribution < -0.4 is 16.4 Å². The van der Waals surface area contributed by atoms with E-state index in [0.717, 1.165) is 17.7 Å². The minimum absolute atomic E-state index is 0.0435. The third-order valence-electron chi connectivity index (χ3n) is 6.89. The van der Waals surface area contributed by atoms with Crippen molar-refractivity contribution in [2.24, 2.45) is 0 Å². The van der Waals surface area contributed by atoms with E-state index in [1.807, 2.05) is 12.1 Å². The number of hydrogen-bond acceptors (Lipinski definition) is 2. The van der Waals surface area contributed by atoms with Crippen LogP contribution in [0.1, 0.15) is 26.3 Å². The van der Waals surface area contributed by atoms with Gasteiger partial charge >= 0.3 is 0 Å². The van der Waals surface area contributed by atoms with Gasteiger partial charge in [-0.3, -0.25) is 0 Å². The first-order valence-electron chi connectivity index (χ1n) is 10.6. The molecule has 0 radical (unpaired) electrons. The molecular weight excluding hydrogens is 431 g/mol. The third-order valence-corrected chi connectivity index (χ3v) is 6.89. The minimum atomic E-state index is -1.09. The molecule has 0 saturated heterocycles. The first-order valence-corrected chi connectivity index (χ1v) is 10.6. The predicted molar refractivity (Wildman–Crippen MR) is 119 cm³/mol. The molecule has 0 saturated carbocycles.